The smallest absolute Gasteiger partial charge is 0.271 e. The van der Waals surface area contributed by atoms with Crippen molar-refractivity contribution < 1.29 is 9.53 Å². The number of fused-ring (bicyclic) bond motifs is 1. The highest BCUT2D eigenvalue weighted by Crippen LogP contribution is 2.34. The highest BCUT2D eigenvalue weighted by atomic mass is 16.5. The summed E-state index contributed by atoms with van der Waals surface area (Å²) in [5, 5.41) is 1.19. The van der Waals surface area contributed by atoms with Gasteiger partial charge in [-0.25, -0.2) is 4.98 Å². The molecule has 0 atom stereocenters. The van der Waals surface area contributed by atoms with Crippen LogP contribution < -0.4 is 4.74 Å². The van der Waals surface area contributed by atoms with Crippen molar-refractivity contribution in [2.24, 2.45) is 5.92 Å². The van der Waals surface area contributed by atoms with Crippen molar-refractivity contribution in [2.45, 2.75) is 38.3 Å². The second-order valence-corrected chi connectivity index (χ2v) is 7.68. The van der Waals surface area contributed by atoms with E-state index in [-0.39, 0.29) is 12.0 Å². The Hall–Kier alpha value is -2.76. The molecule has 6 nitrogen and oxygen atoms in total. The number of likely N-dealkylation sites (tertiary alicyclic amines) is 1. The third-order valence-corrected chi connectivity index (χ3v) is 5.68. The largest absolute Gasteiger partial charge is 0.490 e. The van der Waals surface area contributed by atoms with Gasteiger partial charge >= 0.3 is 0 Å². The summed E-state index contributed by atoms with van der Waals surface area (Å²) in [5.41, 5.74) is 1.81. The zero-order chi connectivity index (χ0) is 18.2. The number of carbonyl (C=O) groups excluding carboxylic acids is 1. The summed E-state index contributed by atoms with van der Waals surface area (Å²) >= 11 is 0. The lowest BCUT2D eigenvalue weighted by molar-refractivity contribution is 0.0593. The van der Waals surface area contributed by atoms with Gasteiger partial charge in [0.15, 0.2) is 0 Å². The van der Waals surface area contributed by atoms with E-state index < -0.39 is 0 Å². The Labute approximate surface area is 158 Å². The number of imidazole rings is 1. The molecule has 1 aromatic carbocycles. The number of rotatable bonds is 5. The normalized spacial score (nSPS) is 18.1. The van der Waals surface area contributed by atoms with Crippen LogP contribution in [0.4, 0.5) is 0 Å². The molecule has 140 valence electrons. The molecule has 1 N–H and O–H groups in total. The molecule has 0 bridgehead atoms. The Balaban J connectivity index is 1.25. The molecule has 0 unspecified atom stereocenters. The number of nitrogens with one attached hydrogen (secondary N) is 1. The minimum absolute atomic E-state index is 0.0187. The fourth-order valence-electron chi connectivity index (χ4n) is 3.94. The lowest BCUT2D eigenvalue weighted by atomic mass is 10.1. The van der Waals surface area contributed by atoms with Gasteiger partial charge in [0.1, 0.15) is 17.5 Å². The van der Waals surface area contributed by atoms with E-state index in [1.54, 1.807) is 12.5 Å². The van der Waals surface area contributed by atoms with Gasteiger partial charge in [-0.05, 0) is 37.0 Å². The number of amides is 1. The van der Waals surface area contributed by atoms with E-state index in [2.05, 4.69) is 45.0 Å². The number of carbonyl (C=O) groups is 1. The summed E-state index contributed by atoms with van der Waals surface area (Å²) in [5.74, 6) is 1.83. The quantitative estimate of drug-likeness (QED) is 0.754. The Morgan fingerprint density at radius 3 is 2.78 bits per heavy atom. The van der Waals surface area contributed by atoms with Crippen LogP contribution in [-0.4, -0.2) is 44.5 Å². The number of H-pyrrole nitrogens is 1. The fraction of sp³-hybridized carbons (Fsp3) is 0.429. The number of piperidine rings is 1. The molecular weight excluding hydrogens is 340 g/mol. The van der Waals surface area contributed by atoms with Gasteiger partial charge in [-0.15, -0.1) is 0 Å². The molecule has 2 aromatic heterocycles. The summed E-state index contributed by atoms with van der Waals surface area (Å²) in [4.78, 5) is 21.1. The summed E-state index contributed by atoms with van der Waals surface area (Å²) < 4.78 is 8.70. The third-order valence-electron chi connectivity index (χ3n) is 5.68. The molecule has 2 aliphatic rings. The van der Waals surface area contributed by atoms with E-state index in [1.165, 1.54) is 23.7 Å². The Morgan fingerprint density at radius 2 is 2.04 bits per heavy atom. The van der Waals surface area contributed by atoms with Crippen LogP contribution in [0.3, 0.4) is 0 Å². The topological polar surface area (TPSA) is 63.1 Å². The Kier molecular flexibility index (Phi) is 4.11. The van der Waals surface area contributed by atoms with E-state index >= 15 is 0 Å². The average Bonchev–Trinajstić information content (AvgIpc) is 3.17. The number of hydrogen-bond acceptors (Lipinski definition) is 3. The highest BCUT2D eigenvalue weighted by Gasteiger charge is 2.26. The highest BCUT2D eigenvalue weighted by molar-refractivity contribution is 5.92. The SMILES string of the molecule is O=C(c1cnc[nH]1)N1CCC(Oc2cccc3c2ccn3CC2CC2)CC1. The van der Waals surface area contributed by atoms with Gasteiger partial charge in [0.05, 0.1) is 18.0 Å². The van der Waals surface area contributed by atoms with Crippen molar-refractivity contribution in [1.82, 2.24) is 19.4 Å². The van der Waals surface area contributed by atoms with Crippen molar-refractivity contribution in [3.63, 3.8) is 0 Å². The van der Waals surface area contributed by atoms with E-state index in [0.717, 1.165) is 31.1 Å². The molecule has 6 heteroatoms. The minimum atomic E-state index is 0.0187. The van der Waals surface area contributed by atoms with Crippen molar-refractivity contribution >= 4 is 16.8 Å². The van der Waals surface area contributed by atoms with E-state index in [4.69, 9.17) is 4.74 Å². The number of benzene rings is 1. The van der Waals surface area contributed by atoms with Crippen molar-refractivity contribution in [2.75, 3.05) is 13.1 Å². The molecule has 1 amide bonds. The number of aromatic nitrogens is 3. The predicted octanol–water partition coefficient (Wildman–Crippen LogP) is 3.46. The number of ether oxygens (including phenoxy) is 1. The maximum Gasteiger partial charge on any atom is 0.271 e. The predicted molar refractivity (Wildman–Crippen MR) is 103 cm³/mol. The van der Waals surface area contributed by atoms with Crippen LogP contribution in [0.25, 0.3) is 10.9 Å². The van der Waals surface area contributed by atoms with Crippen LogP contribution in [0.2, 0.25) is 0 Å². The second-order valence-electron chi connectivity index (χ2n) is 7.68. The van der Waals surface area contributed by atoms with Gasteiger partial charge in [0, 0.05) is 44.1 Å². The molecule has 1 saturated heterocycles. The van der Waals surface area contributed by atoms with Crippen molar-refractivity contribution in [3.05, 3.63) is 48.7 Å². The molecule has 0 spiro atoms. The Bertz CT molecular complexity index is 934. The van der Waals surface area contributed by atoms with Gasteiger partial charge < -0.3 is 19.2 Å². The van der Waals surface area contributed by atoms with Crippen LogP contribution in [-0.2, 0) is 6.54 Å². The molecule has 3 heterocycles. The monoisotopic (exact) mass is 364 g/mol. The second kappa shape index (κ2) is 6.76. The molecule has 5 rings (SSSR count). The molecule has 3 aromatic rings. The van der Waals surface area contributed by atoms with E-state index in [9.17, 15) is 4.79 Å². The van der Waals surface area contributed by atoms with Crippen LogP contribution in [0.5, 0.6) is 5.75 Å². The first-order valence-electron chi connectivity index (χ1n) is 9.80. The first kappa shape index (κ1) is 16.4. The molecule has 1 aliphatic heterocycles. The standard InChI is InChI=1S/C21H24N4O2/c26-21(18-12-22-14-23-18)24-9-6-16(7-10-24)27-20-3-1-2-19-17(20)8-11-25(19)13-15-4-5-15/h1-3,8,11-12,14-16H,4-7,9-10,13H2,(H,22,23). The lowest BCUT2D eigenvalue weighted by Gasteiger charge is -2.32. The van der Waals surface area contributed by atoms with Gasteiger partial charge in [-0.1, -0.05) is 6.07 Å². The zero-order valence-electron chi connectivity index (χ0n) is 15.3. The maximum absolute atomic E-state index is 12.4. The summed E-state index contributed by atoms with van der Waals surface area (Å²) in [7, 11) is 0. The maximum atomic E-state index is 12.4. The minimum Gasteiger partial charge on any atom is -0.490 e. The van der Waals surface area contributed by atoms with E-state index in [1.807, 2.05) is 4.90 Å². The number of aromatic amines is 1. The molecule has 1 saturated carbocycles. The average molecular weight is 364 g/mol. The van der Waals surface area contributed by atoms with E-state index in [0.29, 0.717) is 18.8 Å². The first-order valence-corrected chi connectivity index (χ1v) is 9.80. The van der Waals surface area contributed by atoms with Gasteiger partial charge in [0.2, 0.25) is 0 Å². The molecule has 27 heavy (non-hydrogen) atoms. The van der Waals surface area contributed by atoms with Crippen LogP contribution >= 0.6 is 0 Å². The molecule has 0 radical (unpaired) electrons. The third kappa shape index (κ3) is 3.31. The summed E-state index contributed by atoms with van der Waals surface area (Å²) in [6, 6.07) is 8.49. The Morgan fingerprint density at radius 1 is 1.19 bits per heavy atom. The first-order chi connectivity index (χ1) is 13.3. The van der Waals surface area contributed by atoms with Crippen LogP contribution in [0.15, 0.2) is 43.0 Å². The molecule has 2 fully saturated rings. The van der Waals surface area contributed by atoms with Crippen LogP contribution in [0, 0.1) is 5.92 Å². The van der Waals surface area contributed by atoms with Crippen molar-refractivity contribution in [1.29, 1.82) is 0 Å². The number of nitrogens with zero attached hydrogens (tertiary/aromatic N) is 3. The van der Waals surface area contributed by atoms with Crippen LogP contribution in [0.1, 0.15) is 36.2 Å². The molecular formula is C21H24N4O2. The van der Waals surface area contributed by atoms with Crippen molar-refractivity contribution in [3.8, 4) is 5.75 Å². The van der Waals surface area contributed by atoms with Gasteiger partial charge in [0.25, 0.3) is 5.91 Å². The van der Waals surface area contributed by atoms with Gasteiger partial charge in [-0.3, -0.25) is 4.79 Å². The number of hydrogen-bond donors (Lipinski definition) is 1. The summed E-state index contributed by atoms with van der Waals surface area (Å²) in [6.45, 7) is 2.53. The zero-order valence-corrected chi connectivity index (χ0v) is 15.3. The lowest BCUT2D eigenvalue weighted by Crippen LogP contribution is -2.41. The fourth-order valence-corrected chi connectivity index (χ4v) is 3.94. The van der Waals surface area contributed by atoms with Gasteiger partial charge in [-0.2, -0.15) is 0 Å². The molecule has 1 aliphatic carbocycles. The summed E-state index contributed by atoms with van der Waals surface area (Å²) in [6.07, 6.45) is 9.85.